The number of aliphatic carboxylic acids is 1. The summed E-state index contributed by atoms with van der Waals surface area (Å²) in [4.78, 5) is 22.9. The van der Waals surface area contributed by atoms with Crippen LogP contribution < -0.4 is 5.32 Å². The number of carboxylic acid groups (broad SMARTS) is 1. The third kappa shape index (κ3) is 4.59. The number of amides is 1. The second kappa shape index (κ2) is 7.25. The molecule has 1 aliphatic rings. The number of anilines is 1. The summed E-state index contributed by atoms with van der Waals surface area (Å²) in [7, 11) is 0. The van der Waals surface area contributed by atoms with Crippen molar-refractivity contribution in [3.63, 3.8) is 0 Å². The Hall–Kier alpha value is -1.84. The van der Waals surface area contributed by atoms with Crippen molar-refractivity contribution in [1.29, 1.82) is 0 Å². The minimum absolute atomic E-state index is 0.0226. The van der Waals surface area contributed by atoms with Crippen molar-refractivity contribution in [2.24, 2.45) is 5.92 Å². The first-order valence-electron chi connectivity index (χ1n) is 7.69. The van der Waals surface area contributed by atoms with Gasteiger partial charge < -0.3 is 10.4 Å². The Bertz CT molecular complexity index is 489. The minimum Gasteiger partial charge on any atom is -0.481 e. The molecular weight excluding hydrogens is 266 g/mol. The van der Waals surface area contributed by atoms with Crippen LogP contribution >= 0.6 is 0 Å². The third-order valence-electron chi connectivity index (χ3n) is 4.20. The van der Waals surface area contributed by atoms with Crippen molar-refractivity contribution < 1.29 is 14.7 Å². The van der Waals surface area contributed by atoms with E-state index < -0.39 is 5.97 Å². The molecular formula is C17H23NO3. The predicted molar refractivity (Wildman–Crippen MR) is 82.3 cm³/mol. The van der Waals surface area contributed by atoms with Crippen molar-refractivity contribution in [1.82, 2.24) is 0 Å². The molecule has 1 unspecified atom stereocenters. The van der Waals surface area contributed by atoms with E-state index >= 15 is 0 Å². The van der Waals surface area contributed by atoms with Crippen LogP contribution in [0.4, 0.5) is 5.69 Å². The molecule has 2 rings (SSSR count). The molecule has 1 saturated carbocycles. The van der Waals surface area contributed by atoms with Crippen LogP contribution in [0.3, 0.4) is 0 Å². The fourth-order valence-corrected chi connectivity index (χ4v) is 2.88. The van der Waals surface area contributed by atoms with Gasteiger partial charge in [0.1, 0.15) is 0 Å². The highest BCUT2D eigenvalue weighted by molar-refractivity contribution is 5.92. The number of hydrogen-bond donors (Lipinski definition) is 2. The molecule has 1 amide bonds. The van der Waals surface area contributed by atoms with E-state index in [4.69, 9.17) is 5.11 Å². The van der Waals surface area contributed by atoms with Crippen molar-refractivity contribution in [3.8, 4) is 0 Å². The maximum atomic E-state index is 12.1. The average molecular weight is 289 g/mol. The number of hydrogen-bond acceptors (Lipinski definition) is 2. The molecule has 114 valence electrons. The molecule has 0 saturated heterocycles. The summed E-state index contributed by atoms with van der Waals surface area (Å²) < 4.78 is 0. The highest BCUT2D eigenvalue weighted by Gasteiger charge is 2.21. The maximum absolute atomic E-state index is 12.1. The van der Waals surface area contributed by atoms with Gasteiger partial charge in [-0.15, -0.1) is 0 Å². The molecule has 1 aliphatic carbocycles. The molecule has 0 radical (unpaired) electrons. The number of carbonyl (C=O) groups is 2. The summed E-state index contributed by atoms with van der Waals surface area (Å²) in [5.41, 5.74) is 1.77. The van der Waals surface area contributed by atoms with E-state index in [0.717, 1.165) is 36.9 Å². The molecule has 21 heavy (non-hydrogen) atoms. The summed E-state index contributed by atoms with van der Waals surface area (Å²) in [6.45, 7) is 1.89. The zero-order valence-corrected chi connectivity index (χ0v) is 12.5. The van der Waals surface area contributed by atoms with Crippen molar-refractivity contribution in [2.45, 2.75) is 51.4 Å². The van der Waals surface area contributed by atoms with Crippen LogP contribution in [0.1, 0.15) is 56.9 Å². The number of nitrogens with one attached hydrogen (secondary N) is 1. The van der Waals surface area contributed by atoms with Crippen LogP contribution in [0.5, 0.6) is 0 Å². The van der Waals surface area contributed by atoms with E-state index in [1.807, 2.05) is 31.2 Å². The van der Waals surface area contributed by atoms with Crippen LogP contribution in [0.15, 0.2) is 24.3 Å². The fourth-order valence-electron chi connectivity index (χ4n) is 2.88. The van der Waals surface area contributed by atoms with Gasteiger partial charge in [0.05, 0.1) is 6.42 Å². The Balaban J connectivity index is 1.92. The summed E-state index contributed by atoms with van der Waals surface area (Å²) in [5.74, 6) is -0.562. The molecule has 0 bridgehead atoms. The quantitative estimate of drug-likeness (QED) is 0.866. The Labute approximate surface area is 125 Å². The molecule has 1 aromatic rings. The molecule has 0 heterocycles. The van der Waals surface area contributed by atoms with Gasteiger partial charge in [-0.25, -0.2) is 0 Å². The molecule has 4 heteroatoms. The lowest BCUT2D eigenvalue weighted by molar-refractivity contribution is -0.137. The Morgan fingerprint density at radius 2 is 1.81 bits per heavy atom. The molecule has 1 aromatic carbocycles. The minimum atomic E-state index is -0.794. The Morgan fingerprint density at radius 1 is 1.19 bits per heavy atom. The first kappa shape index (κ1) is 15.5. The fraction of sp³-hybridized carbons (Fsp3) is 0.529. The zero-order valence-electron chi connectivity index (χ0n) is 12.5. The summed E-state index contributed by atoms with van der Waals surface area (Å²) in [5, 5.41) is 11.8. The van der Waals surface area contributed by atoms with Gasteiger partial charge in [0.2, 0.25) is 5.91 Å². The average Bonchev–Trinajstić information content (AvgIpc) is 2.48. The topological polar surface area (TPSA) is 66.4 Å². The van der Waals surface area contributed by atoms with Gasteiger partial charge in [-0.05, 0) is 36.5 Å². The van der Waals surface area contributed by atoms with E-state index in [1.165, 1.54) is 6.42 Å². The van der Waals surface area contributed by atoms with Crippen LogP contribution in [0, 0.1) is 5.92 Å². The van der Waals surface area contributed by atoms with Gasteiger partial charge in [0.15, 0.2) is 0 Å². The standard InChI is InChI=1S/C17H23NO3/c1-12(11-16(19)20)13-7-9-15(10-8-13)18-17(21)14-5-3-2-4-6-14/h7-10,12,14H,2-6,11H2,1H3,(H,18,21)(H,19,20). The van der Waals surface area contributed by atoms with Gasteiger partial charge in [0.25, 0.3) is 0 Å². The lowest BCUT2D eigenvalue weighted by atomic mass is 9.88. The summed E-state index contributed by atoms with van der Waals surface area (Å²) in [6, 6.07) is 7.50. The second-order valence-corrected chi connectivity index (χ2v) is 5.95. The van der Waals surface area contributed by atoms with Gasteiger partial charge in [-0.2, -0.15) is 0 Å². The smallest absolute Gasteiger partial charge is 0.303 e. The lowest BCUT2D eigenvalue weighted by Crippen LogP contribution is -2.24. The number of carboxylic acids is 1. The van der Waals surface area contributed by atoms with E-state index in [1.54, 1.807) is 0 Å². The van der Waals surface area contributed by atoms with Crippen LogP contribution in [-0.4, -0.2) is 17.0 Å². The van der Waals surface area contributed by atoms with Crippen LogP contribution in [-0.2, 0) is 9.59 Å². The molecule has 2 N–H and O–H groups in total. The van der Waals surface area contributed by atoms with Gasteiger partial charge in [0, 0.05) is 11.6 Å². The highest BCUT2D eigenvalue weighted by Crippen LogP contribution is 2.26. The molecule has 1 atom stereocenters. The molecule has 4 nitrogen and oxygen atoms in total. The van der Waals surface area contributed by atoms with E-state index in [0.29, 0.717) is 0 Å². The van der Waals surface area contributed by atoms with Crippen LogP contribution in [0.25, 0.3) is 0 Å². The largest absolute Gasteiger partial charge is 0.481 e. The van der Waals surface area contributed by atoms with Gasteiger partial charge >= 0.3 is 5.97 Å². The van der Waals surface area contributed by atoms with Gasteiger partial charge in [-0.3, -0.25) is 9.59 Å². The highest BCUT2D eigenvalue weighted by atomic mass is 16.4. The summed E-state index contributed by atoms with van der Waals surface area (Å²) >= 11 is 0. The molecule has 0 spiro atoms. The molecule has 0 aliphatic heterocycles. The molecule has 0 aromatic heterocycles. The monoisotopic (exact) mass is 289 g/mol. The SMILES string of the molecule is CC(CC(=O)O)c1ccc(NC(=O)C2CCCCC2)cc1. The van der Waals surface area contributed by atoms with E-state index in [2.05, 4.69) is 5.32 Å². The van der Waals surface area contributed by atoms with Gasteiger partial charge in [-0.1, -0.05) is 38.3 Å². The van der Waals surface area contributed by atoms with Crippen LogP contribution in [0.2, 0.25) is 0 Å². The van der Waals surface area contributed by atoms with Crippen molar-refractivity contribution in [3.05, 3.63) is 29.8 Å². The van der Waals surface area contributed by atoms with E-state index in [9.17, 15) is 9.59 Å². The van der Waals surface area contributed by atoms with Crippen molar-refractivity contribution >= 4 is 17.6 Å². The normalized spacial score (nSPS) is 17.2. The Morgan fingerprint density at radius 3 is 2.38 bits per heavy atom. The number of benzene rings is 1. The second-order valence-electron chi connectivity index (χ2n) is 5.95. The Kier molecular flexibility index (Phi) is 5.37. The van der Waals surface area contributed by atoms with E-state index in [-0.39, 0.29) is 24.2 Å². The predicted octanol–water partition coefficient (Wildman–Crippen LogP) is 3.78. The number of carbonyl (C=O) groups excluding carboxylic acids is 1. The number of rotatable bonds is 5. The first-order valence-corrected chi connectivity index (χ1v) is 7.69. The van der Waals surface area contributed by atoms with Crippen molar-refractivity contribution in [2.75, 3.05) is 5.32 Å². The summed E-state index contributed by atoms with van der Waals surface area (Å²) in [6.07, 6.45) is 5.61. The third-order valence-corrected chi connectivity index (χ3v) is 4.20. The molecule has 1 fully saturated rings. The maximum Gasteiger partial charge on any atom is 0.303 e. The lowest BCUT2D eigenvalue weighted by Gasteiger charge is -2.20. The zero-order chi connectivity index (χ0) is 15.2. The first-order chi connectivity index (χ1) is 10.1.